The summed E-state index contributed by atoms with van der Waals surface area (Å²) in [5.41, 5.74) is -30.2. The Kier molecular flexibility index (Phi) is 5.69. The lowest BCUT2D eigenvalue weighted by atomic mass is 9.61. The lowest BCUT2D eigenvalue weighted by molar-refractivity contribution is -0.571. The zero-order valence-corrected chi connectivity index (χ0v) is 44.1. The molecule has 0 radical (unpaired) electrons. The average Bonchev–Trinajstić information content (AvgIpc) is 0.929. The van der Waals surface area contributed by atoms with Crippen LogP contribution in [-0.4, -0.2) is 14.1 Å². The fourth-order valence-electron chi connectivity index (χ4n) is 10.7. The van der Waals surface area contributed by atoms with E-state index in [4.69, 9.17) is 26.2 Å². The van der Waals surface area contributed by atoms with E-state index in [-0.39, 0.29) is 50.3 Å². The van der Waals surface area contributed by atoms with Crippen molar-refractivity contribution >= 4 is 32.8 Å². The maximum Gasteiger partial charge on any atom is 0.269 e. The maximum absolute atomic E-state index is 10.6. The second-order valence-electron chi connectivity index (χ2n) is 21.3. The Hall–Kier alpha value is -8.02. The van der Waals surface area contributed by atoms with Crippen LogP contribution in [0.2, 0.25) is 0 Å². The van der Waals surface area contributed by atoms with E-state index >= 15 is 0 Å². The number of hydrogen-bond acceptors (Lipinski definition) is 2. The van der Waals surface area contributed by atoms with Crippen LogP contribution in [0.3, 0.4) is 0 Å². The summed E-state index contributed by atoms with van der Waals surface area (Å²) >= 11 is 0. The summed E-state index contributed by atoms with van der Waals surface area (Å²) in [7, 11) is 0. The van der Waals surface area contributed by atoms with E-state index in [0.717, 1.165) is 44.6 Å². The van der Waals surface area contributed by atoms with Crippen molar-refractivity contribution in [2.45, 2.75) is 141 Å². The van der Waals surface area contributed by atoms with Gasteiger partial charge >= 0.3 is 0 Å². The minimum atomic E-state index is -4.90. The Balaban J connectivity index is 1.24. The predicted octanol–water partition coefficient (Wildman–Crippen LogP) is 19.7. The summed E-state index contributed by atoms with van der Waals surface area (Å²) < 4.78 is 386. The summed E-state index contributed by atoms with van der Waals surface area (Å²) in [6.45, 7) is -28.3. The van der Waals surface area contributed by atoms with E-state index in [0.29, 0.717) is 18.3 Å². The minimum Gasteiger partial charge on any atom is -0.458 e. The van der Waals surface area contributed by atoms with E-state index in [9.17, 15) is 38.4 Å². The van der Waals surface area contributed by atoms with Crippen LogP contribution in [-0.2, 0) is 27.1 Å². The van der Waals surface area contributed by atoms with Gasteiger partial charge in [0.15, 0.2) is 0 Å². The van der Waals surface area contributed by atoms with Crippen LogP contribution in [0.15, 0.2) is 182 Å². The summed E-state index contributed by atoms with van der Waals surface area (Å²) in [4.78, 5) is 4.79. The van der Waals surface area contributed by atoms with Crippen LogP contribution < -0.4 is 9.30 Å². The molecular weight excluding hydrogens is 985 g/mol. The molecule has 5 heteroatoms. The molecule has 1 unspecified atom stereocenters. The highest BCUT2D eigenvalue weighted by Gasteiger charge is 2.40. The summed E-state index contributed by atoms with van der Waals surface area (Å²) in [6, 6.07) is 24.7. The van der Waals surface area contributed by atoms with Gasteiger partial charge in [0.25, 0.3) is 6.33 Å². The number of hydrogen-bond donors (Lipinski definition) is 0. The molecule has 1 atom stereocenters. The van der Waals surface area contributed by atoms with Crippen molar-refractivity contribution in [1.29, 1.82) is 0 Å². The first kappa shape index (κ1) is 24.2. The molecule has 0 amide bonds. The van der Waals surface area contributed by atoms with Crippen LogP contribution in [0.5, 0.6) is 11.5 Å². The average molecular weight is 1100 g/mol. The van der Waals surface area contributed by atoms with Gasteiger partial charge in [-0.3, -0.25) is 13.7 Å². The number of rotatable bonds is 9. The largest absolute Gasteiger partial charge is 0.458 e. The van der Waals surface area contributed by atoms with Gasteiger partial charge in [0.1, 0.15) is 17.3 Å². The lowest BCUT2D eigenvalue weighted by Crippen LogP contribution is -2.35. The number of ether oxygens (including phenoxy) is 1. The highest BCUT2D eigenvalue weighted by atomic mass is 16.5. The van der Waals surface area contributed by atoms with Crippen molar-refractivity contribution in [3.8, 4) is 62.1 Å². The highest BCUT2D eigenvalue weighted by molar-refractivity contribution is 6.09. The number of fused-ring (bicyclic) bond motifs is 6. The Morgan fingerprint density at radius 2 is 1.28 bits per heavy atom. The SMILES string of the molecule is [2H]c1c([2H])c2c(c([2H])c1-c1cccc(-c3c([2H])c([2H])c4c(c3[2H])C(C([2H])([2H])[2H])(C([2H])([2H])[2H])C([2H])([2H])C([2H])([2H])C4(C([2H])([2H])[2H])C([2H])([2H])C)c1-[n+]1[c-]n(-c3cccc(Oc4ccc5c6ccccc6n(-c6cc(C(C)(C)C)ccn6)c5c4)c3)c3ccc(-c4ccccc4C([2H])([2H])[2H])cc31)C(C([2H])([2H])[2H])(C([2H])([2H])[2H])C([2H])([2H])C([2H])([2H])C2(C([2H])([2H])[2H])C([2H])([2H])[2H]. The Morgan fingerprint density at radius 3 is 2.02 bits per heavy atom. The third kappa shape index (κ3) is 8.90. The van der Waals surface area contributed by atoms with Crippen molar-refractivity contribution in [3.63, 3.8) is 0 Å². The van der Waals surface area contributed by atoms with E-state index < -0.39 is 195 Å². The fourth-order valence-corrected chi connectivity index (χ4v) is 10.7. The maximum atomic E-state index is 10.6. The highest BCUT2D eigenvalue weighted by Crippen LogP contribution is 2.51. The van der Waals surface area contributed by atoms with Gasteiger partial charge in [-0.1, -0.05) is 191 Å². The zero-order valence-electron chi connectivity index (χ0n) is 84.1. The molecule has 406 valence electrons. The van der Waals surface area contributed by atoms with Gasteiger partial charge in [0.2, 0.25) is 0 Å². The van der Waals surface area contributed by atoms with Crippen LogP contribution in [0.4, 0.5) is 0 Å². The molecule has 8 aromatic carbocycles. The molecule has 0 saturated heterocycles. The topological polar surface area (TPSA) is 35.9 Å². The van der Waals surface area contributed by atoms with Gasteiger partial charge in [-0.05, 0) is 187 Å². The molecule has 81 heavy (non-hydrogen) atoms. The van der Waals surface area contributed by atoms with Crippen molar-refractivity contribution in [3.05, 3.63) is 222 Å². The molecule has 11 aromatic rings. The molecule has 0 fully saturated rings. The Morgan fingerprint density at radius 1 is 0.617 bits per heavy atom. The normalized spacial score (nSPS) is 28.5. The van der Waals surface area contributed by atoms with Crippen LogP contribution in [0, 0.1) is 13.2 Å². The molecule has 0 aliphatic heterocycles. The molecule has 2 aliphatic rings. The van der Waals surface area contributed by atoms with Crippen LogP contribution in [0.1, 0.15) is 196 Å². The fraction of sp³-hybridized carbons (Fsp3) is 0.289. The number of imidazole rings is 1. The van der Waals surface area contributed by atoms with Gasteiger partial charge in [0, 0.05) is 69.6 Å². The Labute approximate surface area is 536 Å². The number of nitrogens with zero attached hydrogens (tertiary/aromatic N) is 4. The summed E-state index contributed by atoms with van der Waals surface area (Å²) in [6.07, 6.45) is -18.2. The lowest BCUT2D eigenvalue weighted by Gasteiger charge is -2.43. The predicted molar refractivity (Wildman–Crippen MR) is 337 cm³/mol. The zero-order chi connectivity index (χ0) is 90.6. The number of aryl methyl sites for hydroxylation is 1. The third-order valence-corrected chi connectivity index (χ3v) is 14.9. The standard InChI is InChI=1S/C76H76N4O/c1-13-76(12)40-39-75(10,11)65-43-51(29-34-63(65)76)59-26-19-25-58(50-28-33-62-64(42-50)74(8,9)38-37-73(62,6)7)71(59)79-48-78(67-35-30-52(44-69(67)79)57-23-15-14-20-49(57)2)54-21-18-22-55(46-54)81-56-31-32-61-60-24-16-17-27-66(60)80(68(61)47-56)70-45-53(36-41-77-70)72(3,4)5/h14-36,41-47H,13,37-40H2,1-12H3/i2D3,6D3,7D3,8D3,9D3,10D3,11D3,12D3,13D2,28D,29D,33D,34D,37D2,38D2,39D2,40D2,42D,43D. The van der Waals surface area contributed by atoms with Crippen molar-refractivity contribution < 1.29 is 64.1 Å². The summed E-state index contributed by atoms with van der Waals surface area (Å²) in [5, 5.41) is 1.66. The molecular formula is C76H76N4O. The van der Waals surface area contributed by atoms with Gasteiger partial charge in [0.05, 0.1) is 41.7 Å². The van der Waals surface area contributed by atoms with Crippen molar-refractivity contribution in [1.82, 2.24) is 14.1 Å². The van der Waals surface area contributed by atoms with E-state index in [2.05, 4.69) is 27.1 Å². The molecule has 2 aliphatic carbocycles. The molecule has 0 bridgehead atoms. The number of pyridine rings is 1. The molecule has 5 nitrogen and oxygen atoms in total. The minimum absolute atomic E-state index is 0.00801. The van der Waals surface area contributed by atoms with Gasteiger partial charge in [-0.15, -0.1) is 0 Å². The van der Waals surface area contributed by atoms with Crippen LogP contribution >= 0.6 is 0 Å². The molecule has 0 saturated carbocycles. The number of para-hydroxylation sites is 2. The second kappa shape index (κ2) is 19.0. The first-order valence-electron chi connectivity index (χ1n) is 45.8. The Bertz CT molecular complexity index is 5850. The smallest absolute Gasteiger partial charge is 0.269 e. The molecule has 0 spiro atoms. The van der Waals surface area contributed by atoms with E-state index in [1.54, 1.807) is 24.4 Å². The monoisotopic (exact) mass is 1100 g/mol. The quantitative estimate of drug-likeness (QED) is 0.107. The first-order valence-corrected chi connectivity index (χ1v) is 25.8. The molecule has 0 N–H and O–H groups in total. The van der Waals surface area contributed by atoms with Crippen molar-refractivity contribution in [2.24, 2.45) is 0 Å². The van der Waals surface area contributed by atoms with Crippen LogP contribution in [0.25, 0.3) is 83.4 Å². The number of aromatic nitrogens is 4. The summed E-state index contributed by atoms with van der Waals surface area (Å²) in [5.74, 6) is 0.894. The van der Waals surface area contributed by atoms with E-state index in [1.165, 1.54) is 65.2 Å². The molecule has 3 heterocycles. The van der Waals surface area contributed by atoms with Gasteiger partial charge in [-0.25, -0.2) is 4.98 Å². The van der Waals surface area contributed by atoms with Gasteiger partial charge in [-0.2, -0.15) is 0 Å². The second-order valence-corrected chi connectivity index (χ2v) is 21.3. The number of benzene rings is 8. The first-order chi connectivity index (χ1) is 55.0. The van der Waals surface area contributed by atoms with E-state index in [1.807, 2.05) is 47.0 Å². The molecule has 13 rings (SSSR count). The third-order valence-electron chi connectivity index (χ3n) is 14.9. The van der Waals surface area contributed by atoms with Gasteiger partial charge < -0.3 is 4.74 Å². The molecule has 3 aromatic heterocycles. The van der Waals surface area contributed by atoms with Crippen molar-refractivity contribution in [2.75, 3.05) is 0 Å².